The quantitative estimate of drug-likeness (QED) is 0.564. The van der Waals surface area contributed by atoms with E-state index in [4.69, 9.17) is 9.84 Å². The molecule has 110 valence electrons. The molecule has 2 N–H and O–H groups in total. The number of hydrogen-bond donors (Lipinski definition) is 2. The van der Waals surface area contributed by atoms with E-state index in [9.17, 15) is 9.59 Å². The molecular formula is C14H19NO4S. The van der Waals surface area contributed by atoms with Crippen molar-refractivity contribution in [2.24, 2.45) is 0 Å². The number of thioether (sulfide) groups is 1. The molecule has 1 atom stereocenters. The van der Waals surface area contributed by atoms with Crippen molar-refractivity contribution in [3.8, 4) is 5.75 Å². The molecule has 1 rings (SSSR count). The Bertz CT molecular complexity index is 464. The van der Waals surface area contributed by atoms with E-state index in [1.54, 1.807) is 30.0 Å². The zero-order valence-electron chi connectivity index (χ0n) is 11.6. The maximum atomic E-state index is 11.1. The van der Waals surface area contributed by atoms with Crippen LogP contribution in [-0.4, -0.2) is 35.1 Å². The van der Waals surface area contributed by atoms with Gasteiger partial charge in [0.2, 0.25) is 0 Å². The highest BCUT2D eigenvalue weighted by Gasteiger charge is 2.17. The number of carboxylic acids is 1. The van der Waals surface area contributed by atoms with Crippen LogP contribution in [0.1, 0.15) is 18.9 Å². The summed E-state index contributed by atoms with van der Waals surface area (Å²) < 4.78 is 5.09. The van der Waals surface area contributed by atoms with E-state index in [0.29, 0.717) is 18.7 Å². The van der Waals surface area contributed by atoms with E-state index in [2.05, 4.69) is 5.32 Å². The first kappa shape index (κ1) is 16.5. The Morgan fingerprint density at radius 3 is 2.70 bits per heavy atom. The van der Waals surface area contributed by atoms with Crippen LogP contribution < -0.4 is 10.1 Å². The first-order valence-corrected chi connectivity index (χ1v) is 7.65. The lowest BCUT2D eigenvalue weighted by atomic mass is 10.1. The van der Waals surface area contributed by atoms with Gasteiger partial charge in [0, 0.05) is 19.0 Å². The third-order valence-electron chi connectivity index (χ3n) is 2.67. The van der Waals surface area contributed by atoms with Crippen LogP contribution in [-0.2, 0) is 16.1 Å². The van der Waals surface area contributed by atoms with Gasteiger partial charge in [0.15, 0.2) is 0 Å². The molecular weight excluding hydrogens is 278 g/mol. The molecule has 0 fully saturated rings. The molecule has 0 amide bonds. The molecule has 1 unspecified atom stereocenters. The molecule has 0 spiro atoms. The molecule has 5 nitrogen and oxygen atoms in total. The second kappa shape index (κ2) is 8.60. The highest BCUT2D eigenvalue weighted by atomic mass is 32.2. The SMILES string of the molecule is CSCCC(NCc1ccccc1OC(C)=O)C(=O)O. The minimum absolute atomic E-state index is 0.342. The van der Waals surface area contributed by atoms with E-state index >= 15 is 0 Å². The standard InChI is InChI=1S/C14H19NO4S/c1-10(16)19-13-6-4-3-5-11(13)9-15-12(14(17)18)7-8-20-2/h3-6,12,15H,7-9H2,1-2H3,(H,17,18). The summed E-state index contributed by atoms with van der Waals surface area (Å²) in [6.45, 7) is 1.68. The molecule has 1 aromatic carbocycles. The lowest BCUT2D eigenvalue weighted by molar-refractivity contribution is -0.139. The van der Waals surface area contributed by atoms with Gasteiger partial charge in [-0.3, -0.25) is 9.59 Å². The van der Waals surface area contributed by atoms with Gasteiger partial charge in [0.1, 0.15) is 11.8 Å². The fourth-order valence-electron chi connectivity index (χ4n) is 1.69. The minimum atomic E-state index is -0.871. The van der Waals surface area contributed by atoms with E-state index in [0.717, 1.165) is 11.3 Å². The van der Waals surface area contributed by atoms with Gasteiger partial charge in [0.25, 0.3) is 0 Å². The van der Waals surface area contributed by atoms with E-state index in [-0.39, 0.29) is 0 Å². The molecule has 1 aromatic rings. The number of para-hydroxylation sites is 1. The minimum Gasteiger partial charge on any atom is -0.480 e. The third kappa shape index (κ3) is 5.63. The average molecular weight is 297 g/mol. The van der Waals surface area contributed by atoms with Crippen LogP contribution in [0.5, 0.6) is 5.75 Å². The number of carboxylic acid groups (broad SMARTS) is 1. The van der Waals surface area contributed by atoms with Crippen LogP contribution in [0.4, 0.5) is 0 Å². The molecule has 0 aromatic heterocycles. The molecule has 0 saturated heterocycles. The monoisotopic (exact) mass is 297 g/mol. The van der Waals surface area contributed by atoms with Crippen molar-refractivity contribution in [2.75, 3.05) is 12.0 Å². The van der Waals surface area contributed by atoms with Crippen LogP contribution in [0.2, 0.25) is 0 Å². The first-order chi connectivity index (χ1) is 9.54. The number of hydrogen-bond acceptors (Lipinski definition) is 5. The number of aliphatic carboxylic acids is 1. The topological polar surface area (TPSA) is 75.6 Å². The second-order valence-corrected chi connectivity index (χ2v) is 5.24. The van der Waals surface area contributed by atoms with E-state index < -0.39 is 18.0 Å². The van der Waals surface area contributed by atoms with Crippen molar-refractivity contribution in [1.82, 2.24) is 5.32 Å². The van der Waals surface area contributed by atoms with Gasteiger partial charge in [-0.2, -0.15) is 11.8 Å². The van der Waals surface area contributed by atoms with Crippen LogP contribution >= 0.6 is 11.8 Å². The normalized spacial score (nSPS) is 11.9. The van der Waals surface area contributed by atoms with Crippen molar-refractivity contribution in [1.29, 1.82) is 0 Å². The van der Waals surface area contributed by atoms with E-state index in [1.165, 1.54) is 6.92 Å². The Morgan fingerprint density at radius 2 is 2.10 bits per heavy atom. The number of carbonyl (C=O) groups is 2. The molecule has 0 aliphatic carbocycles. The number of nitrogens with one attached hydrogen (secondary N) is 1. The predicted molar refractivity (Wildman–Crippen MR) is 79.0 cm³/mol. The summed E-state index contributed by atoms with van der Waals surface area (Å²) in [6, 6.07) is 6.48. The van der Waals surface area contributed by atoms with Gasteiger partial charge in [-0.25, -0.2) is 0 Å². The highest BCUT2D eigenvalue weighted by molar-refractivity contribution is 7.98. The Hall–Kier alpha value is -1.53. The number of benzene rings is 1. The summed E-state index contributed by atoms with van der Waals surface area (Å²) in [4.78, 5) is 22.1. The zero-order valence-corrected chi connectivity index (χ0v) is 12.4. The van der Waals surface area contributed by atoms with Crippen molar-refractivity contribution >= 4 is 23.7 Å². The summed E-state index contributed by atoms with van der Waals surface area (Å²) in [5, 5.41) is 12.1. The van der Waals surface area contributed by atoms with Crippen molar-refractivity contribution in [2.45, 2.75) is 25.9 Å². The Balaban J connectivity index is 2.67. The van der Waals surface area contributed by atoms with Crippen LogP contribution in [0.3, 0.4) is 0 Å². The molecule has 0 heterocycles. The summed E-state index contributed by atoms with van der Waals surface area (Å²) in [7, 11) is 0. The summed E-state index contributed by atoms with van der Waals surface area (Å²) in [6.07, 6.45) is 2.49. The van der Waals surface area contributed by atoms with Crippen LogP contribution in [0.25, 0.3) is 0 Å². The summed E-state index contributed by atoms with van der Waals surface area (Å²) in [5.74, 6) is -0.0321. The van der Waals surface area contributed by atoms with Crippen LogP contribution in [0, 0.1) is 0 Å². The van der Waals surface area contributed by atoms with E-state index in [1.807, 2.05) is 12.3 Å². The highest BCUT2D eigenvalue weighted by Crippen LogP contribution is 2.18. The third-order valence-corrected chi connectivity index (χ3v) is 3.32. The number of rotatable bonds is 8. The Morgan fingerprint density at radius 1 is 1.40 bits per heavy atom. The van der Waals surface area contributed by atoms with Crippen molar-refractivity contribution < 1.29 is 19.4 Å². The van der Waals surface area contributed by atoms with Crippen molar-refractivity contribution in [3.05, 3.63) is 29.8 Å². The lowest BCUT2D eigenvalue weighted by Gasteiger charge is -2.15. The molecule has 20 heavy (non-hydrogen) atoms. The van der Waals surface area contributed by atoms with Gasteiger partial charge in [0.05, 0.1) is 0 Å². The largest absolute Gasteiger partial charge is 0.480 e. The number of carbonyl (C=O) groups excluding carboxylic acids is 1. The smallest absolute Gasteiger partial charge is 0.320 e. The van der Waals surface area contributed by atoms with Crippen molar-refractivity contribution in [3.63, 3.8) is 0 Å². The van der Waals surface area contributed by atoms with Gasteiger partial charge in [-0.05, 0) is 24.5 Å². The summed E-state index contributed by atoms with van der Waals surface area (Å²) in [5.41, 5.74) is 0.762. The molecule has 0 aliphatic heterocycles. The maximum absolute atomic E-state index is 11.1. The summed E-state index contributed by atoms with van der Waals surface area (Å²) >= 11 is 1.61. The molecule has 6 heteroatoms. The zero-order chi connectivity index (χ0) is 15.0. The number of esters is 1. The van der Waals surface area contributed by atoms with Gasteiger partial charge >= 0.3 is 11.9 Å². The first-order valence-electron chi connectivity index (χ1n) is 6.26. The molecule has 0 aliphatic rings. The predicted octanol–water partition coefficient (Wildman–Crippen LogP) is 1.91. The second-order valence-electron chi connectivity index (χ2n) is 4.25. The lowest BCUT2D eigenvalue weighted by Crippen LogP contribution is -2.36. The molecule has 0 bridgehead atoms. The Kier molecular flexibility index (Phi) is 7.11. The molecule has 0 radical (unpaired) electrons. The maximum Gasteiger partial charge on any atom is 0.320 e. The van der Waals surface area contributed by atoms with Gasteiger partial charge < -0.3 is 15.2 Å². The van der Waals surface area contributed by atoms with Gasteiger partial charge in [-0.15, -0.1) is 0 Å². The van der Waals surface area contributed by atoms with Gasteiger partial charge in [-0.1, -0.05) is 18.2 Å². The Labute approximate surface area is 122 Å². The average Bonchev–Trinajstić information content (AvgIpc) is 2.39. The van der Waals surface area contributed by atoms with Crippen LogP contribution in [0.15, 0.2) is 24.3 Å². The molecule has 0 saturated carbocycles. The fraction of sp³-hybridized carbons (Fsp3) is 0.429. The fourth-order valence-corrected chi connectivity index (χ4v) is 2.16. The number of ether oxygens (including phenoxy) is 1.